The quantitative estimate of drug-likeness (QED) is 0.819. The summed E-state index contributed by atoms with van der Waals surface area (Å²) >= 11 is 0. The Balaban J connectivity index is 2.06. The monoisotopic (exact) mass is 222 g/mol. The molecule has 0 aromatic carbocycles. The molecule has 5 heteroatoms. The summed E-state index contributed by atoms with van der Waals surface area (Å²) in [6.07, 6.45) is 5.00. The van der Waals surface area contributed by atoms with Gasteiger partial charge in [0, 0.05) is 32.4 Å². The molecule has 0 aliphatic heterocycles. The van der Waals surface area contributed by atoms with E-state index in [0.717, 1.165) is 19.3 Å². The van der Waals surface area contributed by atoms with Crippen molar-refractivity contribution in [2.24, 2.45) is 5.73 Å². The zero-order valence-electron chi connectivity index (χ0n) is 9.76. The summed E-state index contributed by atoms with van der Waals surface area (Å²) in [5, 5.41) is 0. The highest BCUT2D eigenvalue weighted by molar-refractivity contribution is 5.29. The van der Waals surface area contributed by atoms with E-state index in [-0.39, 0.29) is 12.1 Å². The smallest absolute Gasteiger partial charge is 0.228 e. The van der Waals surface area contributed by atoms with Crippen LogP contribution in [-0.4, -0.2) is 36.2 Å². The van der Waals surface area contributed by atoms with Crippen LogP contribution in [0.2, 0.25) is 0 Å². The third kappa shape index (κ3) is 2.41. The molecule has 1 fully saturated rings. The lowest BCUT2D eigenvalue weighted by atomic mass is 10.2. The number of rotatable bonds is 3. The van der Waals surface area contributed by atoms with Crippen molar-refractivity contribution in [2.75, 3.05) is 19.0 Å². The van der Waals surface area contributed by atoms with E-state index in [1.807, 2.05) is 19.0 Å². The predicted octanol–water partition coefficient (Wildman–Crippen LogP) is 0.801. The molecule has 1 aromatic rings. The number of anilines is 1. The van der Waals surface area contributed by atoms with Crippen LogP contribution in [0, 0.1) is 0 Å². The van der Waals surface area contributed by atoms with Crippen LogP contribution in [0.5, 0.6) is 5.88 Å². The minimum Gasteiger partial charge on any atom is -0.473 e. The highest BCUT2D eigenvalue weighted by atomic mass is 16.5. The van der Waals surface area contributed by atoms with Crippen molar-refractivity contribution >= 4 is 5.95 Å². The molecule has 5 nitrogen and oxygen atoms in total. The van der Waals surface area contributed by atoms with E-state index in [9.17, 15) is 0 Å². The molecule has 1 heterocycles. The summed E-state index contributed by atoms with van der Waals surface area (Å²) < 4.78 is 5.78. The Hall–Kier alpha value is -1.36. The highest BCUT2D eigenvalue weighted by Crippen LogP contribution is 2.22. The molecule has 0 spiro atoms. The van der Waals surface area contributed by atoms with E-state index in [1.165, 1.54) is 0 Å². The molecule has 1 aliphatic rings. The van der Waals surface area contributed by atoms with Crippen LogP contribution in [0.15, 0.2) is 12.3 Å². The van der Waals surface area contributed by atoms with E-state index in [2.05, 4.69) is 9.97 Å². The van der Waals surface area contributed by atoms with Gasteiger partial charge in [0.05, 0.1) is 0 Å². The second-order valence-corrected chi connectivity index (χ2v) is 4.34. The van der Waals surface area contributed by atoms with E-state index in [1.54, 1.807) is 12.3 Å². The third-order valence-corrected chi connectivity index (χ3v) is 2.79. The molecule has 1 aliphatic carbocycles. The molecule has 2 rings (SSSR count). The molecule has 0 amide bonds. The van der Waals surface area contributed by atoms with Crippen molar-refractivity contribution in [3.63, 3.8) is 0 Å². The van der Waals surface area contributed by atoms with Crippen molar-refractivity contribution in [3.05, 3.63) is 12.3 Å². The fourth-order valence-corrected chi connectivity index (χ4v) is 1.87. The molecular formula is C11H18N4O. The molecule has 1 aromatic heterocycles. The standard InChI is InChI=1S/C11H18N4O/c1-15(2)11-13-7-6-10(14-11)16-9-5-3-4-8(9)12/h6-9H,3-5,12H2,1-2H3. The van der Waals surface area contributed by atoms with Crippen LogP contribution in [0.4, 0.5) is 5.95 Å². The van der Waals surface area contributed by atoms with Gasteiger partial charge in [-0.3, -0.25) is 0 Å². The normalized spacial score (nSPS) is 24.4. The number of hydrogen-bond acceptors (Lipinski definition) is 5. The van der Waals surface area contributed by atoms with Crippen molar-refractivity contribution < 1.29 is 4.74 Å². The Kier molecular flexibility index (Phi) is 3.24. The van der Waals surface area contributed by atoms with Crippen molar-refractivity contribution in [2.45, 2.75) is 31.4 Å². The van der Waals surface area contributed by atoms with E-state index < -0.39 is 0 Å². The lowest BCUT2D eigenvalue weighted by Crippen LogP contribution is -2.33. The van der Waals surface area contributed by atoms with Crippen molar-refractivity contribution in [1.82, 2.24) is 9.97 Å². The minimum absolute atomic E-state index is 0.102. The van der Waals surface area contributed by atoms with Gasteiger partial charge in [-0.1, -0.05) is 0 Å². The van der Waals surface area contributed by atoms with Crippen LogP contribution in [0.25, 0.3) is 0 Å². The Labute approximate surface area is 95.6 Å². The zero-order valence-corrected chi connectivity index (χ0v) is 9.76. The topological polar surface area (TPSA) is 64.3 Å². The van der Waals surface area contributed by atoms with Crippen LogP contribution in [-0.2, 0) is 0 Å². The van der Waals surface area contributed by atoms with Gasteiger partial charge in [-0.15, -0.1) is 0 Å². The predicted molar refractivity (Wildman–Crippen MR) is 62.6 cm³/mol. The number of nitrogens with zero attached hydrogens (tertiary/aromatic N) is 3. The summed E-state index contributed by atoms with van der Waals surface area (Å²) in [6.45, 7) is 0. The highest BCUT2D eigenvalue weighted by Gasteiger charge is 2.26. The van der Waals surface area contributed by atoms with E-state index >= 15 is 0 Å². The SMILES string of the molecule is CN(C)c1nccc(OC2CCCC2N)n1. The number of aromatic nitrogens is 2. The second-order valence-electron chi connectivity index (χ2n) is 4.34. The fraction of sp³-hybridized carbons (Fsp3) is 0.636. The first-order chi connectivity index (χ1) is 7.66. The van der Waals surface area contributed by atoms with Crippen LogP contribution >= 0.6 is 0 Å². The first-order valence-electron chi connectivity index (χ1n) is 5.59. The van der Waals surface area contributed by atoms with Gasteiger partial charge in [0.25, 0.3) is 0 Å². The largest absolute Gasteiger partial charge is 0.473 e. The van der Waals surface area contributed by atoms with E-state index in [0.29, 0.717) is 11.8 Å². The van der Waals surface area contributed by atoms with Gasteiger partial charge in [-0.25, -0.2) is 4.98 Å². The van der Waals surface area contributed by atoms with Gasteiger partial charge in [-0.2, -0.15) is 4.98 Å². The minimum atomic E-state index is 0.102. The zero-order chi connectivity index (χ0) is 11.5. The van der Waals surface area contributed by atoms with Crippen molar-refractivity contribution in [3.8, 4) is 5.88 Å². The molecule has 16 heavy (non-hydrogen) atoms. The summed E-state index contributed by atoms with van der Waals surface area (Å²) in [7, 11) is 3.81. The Morgan fingerprint density at radius 1 is 1.44 bits per heavy atom. The molecule has 1 saturated carbocycles. The first kappa shape index (κ1) is 11.1. The fourth-order valence-electron chi connectivity index (χ4n) is 1.87. The average molecular weight is 222 g/mol. The van der Waals surface area contributed by atoms with Crippen LogP contribution in [0.1, 0.15) is 19.3 Å². The summed E-state index contributed by atoms with van der Waals surface area (Å²) in [6, 6.07) is 1.91. The lowest BCUT2D eigenvalue weighted by molar-refractivity contribution is 0.184. The summed E-state index contributed by atoms with van der Waals surface area (Å²) in [5.41, 5.74) is 5.95. The van der Waals surface area contributed by atoms with Crippen LogP contribution < -0.4 is 15.4 Å². The molecule has 2 unspecified atom stereocenters. The first-order valence-corrected chi connectivity index (χ1v) is 5.59. The van der Waals surface area contributed by atoms with Gasteiger partial charge < -0.3 is 15.4 Å². The van der Waals surface area contributed by atoms with Crippen molar-refractivity contribution in [1.29, 1.82) is 0 Å². The lowest BCUT2D eigenvalue weighted by Gasteiger charge is -2.18. The van der Waals surface area contributed by atoms with Gasteiger partial charge in [0.1, 0.15) is 6.10 Å². The molecule has 2 atom stereocenters. The third-order valence-electron chi connectivity index (χ3n) is 2.79. The molecule has 0 saturated heterocycles. The summed E-state index contributed by atoms with van der Waals surface area (Å²) in [5.74, 6) is 1.27. The van der Waals surface area contributed by atoms with Gasteiger partial charge in [0.15, 0.2) is 0 Å². The number of nitrogens with two attached hydrogens (primary N) is 1. The van der Waals surface area contributed by atoms with E-state index in [4.69, 9.17) is 10.5 Å². The molecule has 2 N–H and O–H groups in total. The number of hydrogen-bond donors (Lipinski definition) is 1. The Morgan fingerprint density at radius 2 is 2.25 bits per heavy atom. The number of ether oxygens (including phenoxy) is 1. The average Bonchev–Trinajstić information content (AvgIpc) is 2.65. The molecular weight excluding hydrogens is 204 g/mol. The molecule has 0 bridgehead atoms. The van der Waals surface area contributed by atoms with Gasteiger partial charge >= 0.3 is 0 Å². The maximum atomic E-state index is 5.95. The Bertz CT molecular complexity index is 356. The maximum absolute atomic E-state index is 5.95. The summed E-state index contributed by atoms with van der Waals surface area (Å²) in [4.78, 5) is 10.3. The van der Waals surface area contributed by atoms with Gasteiger partial charge in [-0.05, 0) is 19.3 Å². The van der Waals surface area contributed by atoms with Gasteiger partial charge in [0.2, 0.25) is 11.8 Å². The molecule has 88 valence electrons. The Morgan fingerprint density at radius 3 is 2.88 bits per heavy atom. The second kappa shape index (κ2) is 4.65. The van der Waals surface area contributed by atoms with Crippen LogP contribution in [0.3, 0.4) is 0 Å². The maximum Gasteiger partial charge on any atom is 0.228 e. The molecule has 0 radical (unpaired) electrons.